The molecule has 4 fully saturated rings. The molecule has 0 atom stereocenters. The average molecular weight is 539 g/mol. The first-order chi connectivity index (χ1) is 19.2. The second-order valence-electron chi connectivity index (χ2n) is 15.4. The molecule has 0 aromatic heterocycles. The molecular weight excluding hydrogens is 468 g/mol. The summed E-state index contributed by atoms with van der Waals surface area (Å²) >= 11 is 0. The number of hydrogen-bond acceptors (Lipinski definition) is 0. The van der Waals surface area contributed by atoms with Crippen LogP contribution in [-0.2, 0) is 0 Å². The van der Waals surface area contributed by atoms with Crippen LogP contribution >= 0.6 is 0 Å². The summed E-state index contributed by atoms with van der Waals surface area (Å²) in [6.07, 6.45) is 44.7. The molecule has 0 aromatic rings. The van der Waals surface area contributed by atoms with Crippen LogP contribution in [-0.4, -0.2) is 0 Å². The van der Waals surface area contributed by atoms with Crippen LogP contribution in [0.3, 0.4) is 0 Å². The molecule has 0 aromatic carbocycles. The fraction of sp³-hybridized carbons (Fsp3) is 0.949. The summed E-state index contributed by atoms with van der Waals surface area (Å²) in [5.74, 6) is 8.71. The highest BCUT2D eigenvalue weighted by molar-refractivity contribution is 4.86. The van der Waals surface area contributed by atoms with Crippen molar-refractivity contribution in [3.8, 4) is 0 Å². The van der Waals surface area contributed by atoms with E-state index >= 15 is 0 Å². The van der Waals surface area contributed by atoms with E-state index in [2.05, 4.69) is 19.6 Å². The van der Waals surface area contributed by atoms with Gasteiger partial charge in [-0.3, -0.25) is 0 Å². The molecule has 4 saturated carbocycles. The van der Waals surface area contributed by atoms with Crippen LogP contribution in [0.4, 0.5) is 0 Å². The van der Waals surface area contributed by atoms with Crippen molar-refractivity contribution in [2.24, 2.45) is 47.3 Å². The van der Waals surface area contributed by atoms with Gasteiger partial charge in [0.2, 0.25) is 0 Å². The van der Waals surface area contributed by atoms with Crippen molar-refractivity contribution < 1.29 is 0 Å². The van der Waals surface area contributed by atoms with Crippen LogP contribution in [0.15, 0.2) is 12.7 Å². The summed E-state index contributed by atoms with van der Waals surface area (Å²) in [5, 5.41) is 0. The van der Waals surface area contributed by atoms with Crippen LogP contribution in [0.1, 0.15) is 187 Å². The van der Waals surface area contributed by atoms with Gasteiger partial charge in [0, 0.05) is 0 Å². The summed E-state index contributed by atoms with van der Waals surface area (Å²) in [5.41, 5.74) is 0. The molecule has 4 aliphatic carbocycles. The lowest BCUT2D eigenvalue weighted by Crippen LogP contribution is -2.29. The topological polar surface area (TPSA) is 0 Å². The van der Waals surface area contributed by atoms with Crippen LogP contribution in [0.25, 0.3) is 0 Å². The Morgan fingerprint density at radius 3 is 1.13 bits per heavy atom. The Labute approximate surface area is 246 Å². The predicted molar refractivity (Wildman–Crippen MR) is 173 cm³/mol. The average Bonchev–Trinajstić information content (AvgIpc) is 3.00. The maximum absolute atomic E-state index is 3.84. The molecule has 0 saturated heterocycles. The van der Waals surface area contributed by atoms with E-state index in [1.165, 1.54) is 64.2 Å². The lowest BCUT2D eigenvalue weighted by atomic mass is 9.64. The van der Waals surface area contributed by atoms with Gasteiger partial charge in [-0.25, -0.2) is 0 Å². The highest BCUT2D eigenvalue weighted by Gasteiger charge is 2.34. The largest absolute Gasteiger partial charge is 0.103 e. The Morgan fingerprint density at radius 1 is 0.410 bits per heavy atom. The molecule has 0 unspecified atom stereocenters. The number of hydrogen-bond donors (Lipinski definition) is 0. The molecule has 4 rings (SSSR count). The molecule has 0 nitrogen and oxygen atoms in total. The molecule has 0 N–H and O–H groups in total. The Balaban J connectivity index is 0.971. The van der Waals surface area contributed by atoms with Crippen LogP contribution in [0.5, 0.6) is 0 Å². The highest BCUT2D eigenvalue weighted by Crippen LogP contribution is 2.46. The lowest BCUT2D eigenvalue weighted by molar-refractivity contribution is 0.103. The summed E-state index contributed by atoms with van der Waals surface area (Å²) in [6.45, 7) is 6.25. The number of allylic oxidation sites excluding steroid dienone is 1. The Bertz CT molecular complexity index is 602. The minimum atomic E-state index is 1.06. The van der Waals surface area contributed by atoms with E-state index in [1.807, 2.05) is 0 Å². The SMILES string of the molecule is C=CCCCCCCCC1CCC(CCCCC2CCC(C3CCC(C4CCC(CC)CC4)CC3)CC2)CC1. The zero-order chi connectivity index (χ0) is 27.1. The van der Waals surface area contributed by atoms with E-state index in [1.54, 1.807) is 116 Å². The Hall–Kier alpha value is -0.260. The van der Waals surface area contributed by atoms with Crippen molar-refractivity contribution in [3.05, 3.63) is 12.7 Å². The van der Waals surface area contributed by atoms with Crippen molar-refractivity contribution in [1.82, 2.24) is 0 Å². The molecule has 4 aliphatic rings. The molecule has 0 bridgehead atoms. The van der Waals surface area contributed by atoms with Gasteiger partial charge >= 0.3 is 0 Å². The molecule has 0 aliphatic heterocycles. The van der Waals surface area contributed by atoms with Crippen molar-refractivity contribution in [2.75, 3.05) is 0 Å². The van der Waals surface area contributed by atoms with Crippen LogP contribution in [0, 0.1) is 47.3 Å². The van der Waals surface area contributed by atoms with Gasteiger partial charge < -0.3 is 0 Å². The van der Waals surface area contributed by atoms with Gasteiger partial charge in [0.15, 0.2) is 0 Å². The van der Waals surface area contributed by atoms with Gasteiger partial charge in [-0.15, -0.1) is 6.58 Å². The summed E-state index contributed by atoms with van der Waals surface area (Å²) < 4.78 is 0. The summed E-state index contributed by atoms with van der Waals surface area (Å²) in [4.78, 5) is 0. The van der Waals surface area contributed by atoms with Crippen LogP contribution < -0.4 is 0 Å². The molecule has 0 amide bonds. The lowest BCUT2D eigenvalue weighted by Gasteiger charge is -2.41. The van der Waals surface area contributed by atoms with E-state index in [-0.39, 0.29) is 0 Å². The molecule has 0 heterocycles. The monoisotopic (exact) mass is 539 g/mol. The third kappa shape index (κ3) is 11.2. The summed E-state index contributed by atoms with van der Waals surface area (Å²) in [6, 6.07) is 0. The molecule has 226 valence electrons. The molecule has 39 heavy (non-hydrogen) atoms. The van der Waals surface area contributed by atoms with E-state index in [9.17, 15) is 0 Å². The van der Waals surface area contributed by atoms with Gasteiger partial charge in [-0.05, 0) is 112 Å². The van der Waals surface area contributed by atoms with Gasteiger partial charge in [0.05, 0.1) is 0 Å². The zero-order valence-electron chi connectivity index (χ0n) is 26.7. The number of rotatable bonds is 16. The van der Waals surface area contributed by atoms with Crippen molar-refractivity contribution in [3.63, 3.8) is 0 Å². The number of unbranched alkanes of at least 4 members (excludes halogenated alkanes) is 6. The summed E-state index contributed by atoms with van der Waals surface area (Å²) in [7, 11) is 0. The maximum Gasteiger partial charge on any atom is -0.0353 e. The third-order valence-corrected chi connectivity index (χ3v) is 13.0. The van der Waals surface area contributed by atoms with E-state index in [4.69, 9.17) is 0 Å². The Kier molecular flexibility index (Phi) is 14.9. The van der Waals surface area contributed by atoms with Gasteiger partial charge in [0.25, 0.3) is 0 Å². The minimum absolute atomic E-state index is 1.06. The first-order valence-electron chi connectivity index (χ1n) is 18.9. The molecule has 0 spiro atoms. The van der Waals surface area contributed by atoms with E-state index in [0.29, 0.717) is 0 Å². The molecule has 0 radical (unpaired) electrons. The normalized spacial score (nSPS) is 36.0. The van der Waals surface area contributed by atoms with Gasteiger partial charge in [-0.1, -0.05) is 129 Å². The smallest absolute Gasteiger partial charge is 0.0353 e. The van der Waals surface area contributed by atoms with E-state index in [0.717, 1.165) is 47.3 Å². The maximum atomic E-state index is 3.84. The van der Waals surface area contributed by atoms with Gasteiger partial charge in [0.1, 0.15) is 0 Å². The quantitative estimate of drug-likeness (QED) is 0.135. The van der Waals surface area contributed by atoms with Crippen LogP contribution in [0.2, 0.25) is 0 Å². The fourth-order valence-corrected chi connectivity index (χ4v) is 10.0. The first kappa shape index (κ1) is 31.7. The molecular formula is C39H70. The standard InChI is InChI=1S/C39H70/c1-3-5-6-7-8-9-10-13-33-16-18-34(19-17-33)14-11-12-15-35-22-26-37(27-23-35)39-30-28-38(29-31-39)36-24-20-32(4-2)21-25-36/h3,32-39H,1,4-31H2,2H3. The third-order valence-electron chi connectivity index (χ3n) is 13.0. The van der Waals surface area contributed by atoms with Crippen molar-refractivity contribution in [2.45, 2.75) is 187 Å². The zero-order valence-corrected chi connectivity index (χ0v) is 26.7. The Morgan fingerprint density at radius 2 is 0.718 bits per heavy atom. The minimum Gasteiger partial charge on any atom is -0.103 e. The first-order valence-corrected chi connectivity index (χ1v) is 18.9. The van der Waals surface area contributed by atoms with E-state index < -0.39 is 0 Å². The van der Waals surface area contributed by atoms with Crippen molar-refractivity contribution in [1.29, 1.82) is 0 Å². The van der Waals surface area contributed by atoms with Gasteiger partial charge in [-0.2, -0.15) is 0 Å². The highest BCUT2D eigenvalue weighted by atomic mass is 14.4. The second-order valence-corrected chi connectivity index (χ2v) is 15.4. The van der Waals surface area contributed by atoms with Crippen molar-refractivity contribution >= 4 is 0 Å². The predicted octanol–water partition coefficient (Wildman–Crippen LogP) is 13.1. The fourth-order valence-electron chi connectivity index (χ4n) is 10.0. The molecule has 0 heteroatoms. The second kappa shape index (κ2) is 18.3.